The Labute approximate surface area is 311 Å². The average molecular weight is 675 g/mol. The van der Waals surface area contributed by atoms with Crippen LogP contribution in [0.15, 0.2) is 194 Å². The summed E-state index contributed by atoms with van der Waals surface area (Å²) >= 11 is 0. The van der Waals surface area contributed by atoms with E-state index in [4.69, 9.17) is 0 Å². The first-order valence-electron chi connectivity index (χ1n) is 18.7. The number of hydrogen-bond donors (Lipinski definition) is 0. The highest BCUT2D eigenvalue weighted by atomic mass is 14.3. The molecule has 1 unspecified atom stereocenters. The molecule has 0 amide bonds. The van der Waals surface area contributed by atoms with Crippen LogP contribution in [0, 0.1) is 6.92 Å². The largest absolute Gasteiger partial charge is 0.0622 e. The predicted octanol–water partition coefficient (Wildman–Crippen LogP) is 14.1. The van der Waals surface area contributed by atoms with Crippen LogP contribution in [0.2, 0.25) is 0 Å². The van der Waals surface area contributed by atoms with Crippen molar-refractivity contribution in [3.05, 3.63) is 228 Å². The summed E-state index contributed by atoms with van der Waals surface area (Å²) in [6.45, 7) is 2.20. The number of rotatable bonds is 6. The van der Waals surface area contributed by atoms with Gasteiger partial charge in [0, 0.05) is 5.92 Å². The van der Waals surface area contributed by atoms with Gasteiger partial charge in [0.15, 0.2) is 0 Å². The quantitative estimate of drug-likeness (QED) is 0.122. The Morgan fingerprint density at radius 3 is 1.64 bits per heavy atom. The second kappa shape index (κ2) is 12.9. The van der Waals surface area contributed by atoms with Crippen LogP contribution in [0.3, 0.4) is 0 Å². The van der Waals surface area contributed by atoms with Crippen LogP contribution >= 0.6 is 0 Å². The van der Waals surface area contributed by atoms with Gasteiger partial charge in [-0.2, -0.15) is 0 Å². The summed E-state index contributed by atoms with van der Waals surface area (Å²) in [5.74, 6) is 0.0851. The summed E-state index contributed by atoms with van der Waals surface area (Å²) in [4.78, 5) is 0. The van der Waals surface area contributed by atoms with Crippen molar-refractivity contribution in [2.24, 2.45) is 0 Å². The van der Waals surface area contributed by atoms with Gasteiger partial charge in [-0.05, 0) is 113 Å². The van der Waals surface area contributed by atoms with Crippen molar-refractivity contribution in [2.75, 3.05) is 0 Å². The zero-order valence-electron chi connectivity index (χ0n) is 29.8. The fourth-order valence-electron chi connectivity index (χ4n) is 8.67. The van der Waals surface area contributed by atoms with Crippen LogP contribution in [0.5, 0.6) is 0 Å². The van der Waals surface area contributed by atoms with E-state index in [1.165, 1.54) is 99.4 Å². The fraction of sp³-hybridized carbons (Fsp3) is 0.0566. The minimum atomic E-state index is 0.0851. The van der Waals surface area contributed by atoms with Gasteiger partial charge in [-0.1, -0.05) is 194 Å². The lowest BCUT2D eigenvalue weighted by Gasteiger charge is -2.21. The highest BCUT2D eigenvalue weighted by Gasteiger charge is 2.22. The van der Waals surface area contributed by atoms with Gasteiger partial charge in [-0.25, -0.2) is 0 Å². The van der Waals surface area contributed by atoms with Gasteiger partial charge in [-0.3, -0.25) is 0 Å². The molecule has 0 saturated heterocycles. The van der Waals surface area contributed by atoms with Gasteiger partial charge in [0.25, 0.3) is 0 Å². The minimum Gasteiger partial charge on any atom is -0.0622 e. The maximum Gasteiger partial charge on any atom is 0.0340 e. The SMILES string of the molecule is Cc1cccc2c1ccc1cc(C(c3ccc(-c4ccc(-c5ccccc5)cc4)cc3)c3ccc(-c4cccc5c4Cc4ccccc4-5)cc3)ccc12. The maximum absolute atomic E-state index is 2.41. The zero-order valence-corrected chi connectivity index (χ0v) is 29.8. The van der Waals surface area contributed by atoms with E-state index >= 15 is 0 Å². The van der Waals surface area contributed by atoms with Gasteiger partial charge in [0.05, 0.1) is 0 Å². The van der Waals surface area contributed by atoms with Gasteiger partial charge < -0.3 is 0 Å². The second-order valence-electron chi connectivity index (χ2n) is 14.5. The van der Waals surface area contributed by atoms with E-state index in [0.717, 1.165) is 6.42 Å². The molecule has 53 heavy (non-hydrogen) atoms. The Kier molecular flexibility index (Phi) is 7.62. The number of benzene rings is 9. The zero-order chi connectivity index (χ0) is 35.3. The molecule has 10 rings (SSSR count). The lowest BCUT2D eigenvalue weighted by atomic mass is 9.82. The average Bonchev–Trinajstić information content (AvgIpc) is 3.61. The summed E-state index contributed by atoms with van der Waals surface area (Å²) in [5, 5.41) is 5.21. The monoisotopic (exact) mass is 674 g/mol. The topological polar surface area (TPSA) is 0 Å². The van der Waals surface area contributed by atoms with Crippen molar-refractivity contribution in [2.45, 2.75) is 19.3 Å². The number of hydrogen-bond acceptors (Lipinski definition) is 0. The summed E-state index contributed by atoms with van der Waals surface area (Å²) in [7, 11) is 0. The van der Waals surface area contributed by atoms with E-state index in [2.05, 4.69) is 201 Å². The Morgan fingerprint density at radius 2 is 0.906 bits per heavy atom. The van der Waals surface area contributed by atoms with Crippen molar-refractivity contribution in [3.63, 3.8) is 0 Å². The summed E-state index contributed by atoms with van der Waals surface area (Å²) in [6.07, 6.45) is 0.985. The van der Waals surface area contributed by atoms with E-state index in [-0.39, 0.29) is 5.92 Å². The number of aryl methyl sites for hydroxylation is 1. The van der Waals surface area contributed by atoms with Crippen LogP contribution in [-0.2, 0) is 6.42 Å². The third-order valence-corrected chi connectivity index (χ3v) is 11.4. The third kappa shape index (κ3) is 5.55. The molecule has 0 saturated carbocycles. The maximum atomic E-state index is 2.41. The van der Waals surface area contributed by atoms with Crippen molar-refractivity contribution in [1.82, 2.24) is 0 Å². The van der Waals surface area contributed by atoms with E-state index < -0.39 is 0 Å². The van der Waals surface area contributed by atoms with E-state index in [1.807, 2.05) is 0 Å². The molecule has 9 aromatic carbocycles. The molecule has 0 heterocycles. The van der Waals surface area contributed by atoms with Gasteiger partial charge in [-0.15, -0.1) is 0 Å². The Morgan fingerprint density at radius 1 is 0.358 bits per heavy atom. The molecule has 0 radical (unpaired) electrons. The van der Waals surface area contributed by atoms with Crippen LogP contribution in [0.1, 0.15) is 39.3 Å². The lowest BCUT2D eigenvalue weighted by molar-refractivity contribution is 0.981. The molecule has 0 heteroatoms. The van der Waals surface area contributed by atoms with Crippen molar-refractivity contribution in [1.29, 1.82) is 0 Å². The molecule has 9 aromatic rings. The summed E-state index contributed by atoms with van der Waals surface area (Å²) in [6, 6.07) is 72.0. The van der Waals surface area contributed by atoms with Crippen LogP contribution in [-0.4, -0.2) is 0 Å². The van der Waals surface area contributed by atoms with Gasteiger partial charge in [0.2, 0.25) is 0 Å². The molecule has 0 fully saturated rings. The van der Waals surface area contributed by atoms with E-state index in [1.54, 1.807) is 0 Å². The molecule has 1 aliphatic rings. The van der Waals surface area contributed by atoms with E-state index in [9.17, 15) is 0 Å². The first kappa shape index (κ1) is 31.3. The molecule has 0 N–H and O–H groups in total. The van der Waals surface area contributed by atoms with E-state index in [0.29, 0.717) is 0 Å². The summed E-state index contributed by atoms with van der Waals surface area (Å²) < 4.78 is 0. The van der Waals surface area contributed by atoms with Crippen molar-refractivity contribution >= 4 is 21.5 Å². The molecule has 0 aromatic heterocycles. The lowest BCUT2D eigenvalue weighted by Crippen LogP contribution is -2.04. The van der Waals surface area contributed by atoms with Crippen LogP contribution < -0.4 is 0 Å². The molecule has 250 valence electrons. The predicted molar refractivity (Wildman–Crippen MR) is 225 cm³/mol. The smallest absolute Gasteiger partial charge is 0.0340 e. The molecule has 1 aliphatic carbocycles. The minimum absolute atomic E-state index is 0.0851. The molecular formula is C53H38. The summed E-state index contributed by atoms with van der Waals surface area (Å²) in [5.41, 5.74) is 18.3. The fourth-order valence-corrected chi connectivity index (χ4v) is 8.67. The van der Waals surface area contributed by atoms with Crippen LogP contribution in [0.25, 0.3) is 66.1 Å². The Hall–Kier alpha value is -6.50. The standard InChI is InChI=1S/C53H38/c1-35-9-7-15-50-46(35)31-29-44-33-45(30-32-49(44)50)53(41-25-21-39(22-26-41)38-19-17-37(18-20-38)36-10-3-2-4-11-36)42-27-23-40(24-28-42)47-14-8-16-51-48-13-6-5-12-43(48)34-52(47)51/h2-33,53H,34H2,1H3. The highest BCUT2D eigenvalue weighted by molar-refractivity contribution is 6.08. The normalized spacial score (nSPS) is 12.5. The molecule has 0 aliphatic heterocycles. The van der Waals surface area contributed by atoms with Gasteiger partial charge >= 0.3 is 0 Å². The third-order valence-electron chi connectivity index (χ3n) is 11.4. The first-order valence-corrected chi connectivity index (χ1v) is 18.7. The molecule has 0 spiro atoms. The van der Waals surface area contributed by atoms with Gasteiger partial charge in [0.1, 0.15) is 0 Å². The Bertz CT molecular complexity index is 2770. The highest BCUT2D eigenvalue weighted by Crippen LogP contribution is 2.43. The van der Waals surface area contributed by atoms with Crippen molar-refractivity contribution < 1.29 is 0 Å². The van der Waals surface area contributed by atoms with Crippen LogP contribution in [0.4, 0.5) is 0 Å². The molecule has 1 atom stereocenters. The van der Waals surface area contributed by atoms with Crippen molar-refractivity contribution in [3.8, 4) is 44.5 Å². The molecule has 0 nitrogen and oxygen atoms in total. The molecule has 0 bridgehead atoms. The first-order chi connectivity index (χ1) is 26.2. The second-order valence-corrected chi connectivity index (χ2v) is 14.5. The Balaban J connectivity index is 1.04. The number of fused-ring (bicyclic) bond motifs is 6. The molecular weight excluding hydrogens is 637 g/mol.